The van der Waals surface area contributed by atoms with E-state index >= 15 is 0 Å². The molecule has 0 aliphatic rings. The van der Waals surface area contributed by atoms with Gasteiger partial charge < -0.3 is 11.5 Å². The van der Waals surface area contributed by atoms with Crippen LogP contribution in [0.2, 0.25) is 0 Å². The molecule has 98 valence electrons. The molecule has 0 aliphatic heterocycles. The van der Waals surface area contributed by atoms with Gasteiger partial charge in [-0.3, -0.25) is 0 Å². The second-order valence-corrected chi connectivity index (χ2v) is 4.72. The van der Waals surface area contributed by atoms with E-state index in [9.17, 15) is 0 Å². The molecule has 4 N–H and O–H groups in total. The lowest BCUT2D eigenvalue weighted by Gasteiger charge is -2.14. The van der Waals surface area contributed by atoms with Crippen LogP contribution in [0.25, 0.3) is 22.3 Å². The Balaban J connectivity index is 2.22. The summed E-state index contributed by atoms with van der Waals surface area (Å²) in [4.78, 5) is 0. The zero-order chi connectivity index (χ0) is 13.9. The van der Waals surface area contributed by atoms with Crippen LogP contribution in [0.1, 0.15) is 0 Å². The lowest BCUT2D eigenvalue weighted by Crippen LogP contribution is -1.99. The molecule has 0 amide bonds. The summed E-state index contributed by atoms with van der Waals surface area (Å²) in [6, 6.07) is 24.0. The largest absolute Gasteiger partial charge is 0.398 e. The fraction of sp³-hybridized carbons (Fsp3) is 0. The van der Waals surface area contributed by atoms with Crippen molar-refractivity contribution in [2.75, 3.05) is 11.5 Å². The molecule has 3 aromatic carbocycles. The number of anilines is 2. The Bertz CT molecular complexity index is 719. The first-order valence-corrected chi connectivity index (χ1v) is 6.56. The molecular weight excluding hydrogens is 244 g/mol. The maximum absolute atomic E-state index is 6.37. The van der Waals surface area contributed by atoms with Gasteiger partial charge in [-0.1, -0.05) is 66.7 Å². The fourth-order valence-corrected chi connectivity index (χ4v) is 2.43. The minimum Gasteiger partial charge on any atom is -0.398 e. The van der Waals surface area contributed by atoms with Gasteiger partial charge in [0, 0.05) is 22.5 Å². The fourth-order valence-electron chi connectivity index (χ4n) is 2.43. The minimum absolute atomic E-state index is 0.702. The zero-order valence-corrected chi connectivity index (χ0v) is 11.1. The van der Waals surface area contributed by atoms with E-state index in [2.05, 4.69) is 12.1 Å². The first kappa shape index (κ1) is 12.3. The van der Waals surface area contributed by atoms with Crippen molar-refractivity contribution in [3.05, 3.63) is 72.8 Å². The van der Waals surface area contributed by atoms with E-state index in [1.165, 1.54) is 0 Å². The van der Waals surface area contributed by atoms with E-state index in [0.717, 1.165) is 27.9 Å². The Labute approximate surface area is 118 Å². The number of nitrogens with two attached hydrogens (primary N) is 2. The van der Waals surface area contributed by atoms with Crippen molar-refractivity contribution in [2.45, 2.75) is 0 Å². The van der Waals surface area contributed by atoms with E-state index in [1.54, 1.807) is 0 Å². The Morgan fingerprint density at radius 2 is 1.10 bits per heavy atom. The van der Waals surface area contributed by atoms with Crippen LogP contribution in [0.5, 0.6) is 0 Å². The summed E-state index contributed by atoms with van der Waals surface area (Å²) < 4.78 is 0. The van der Waals surface area contributed by atoms with Crippen molar-refractivity contribution in [1.82, 2.24) is 0 Å². The summed E-state index contributed by atoms with van der Waals surface area (Å²) >= 11 is 0. The highest BCUT2D eigenvalue weighted by Crippen LogP contribution is 2.38. The van der Waals surface area contributed by atoms with Gasteiger partial charge in [0.15, 0.2) is 0 Å². The van der Waals surface area contributed by atoms with Crippen LogP contribution in [-0.2, 0) is 0 Å². The van der Waals surface area contributed by atoms with Crippen molar-refractivity contribution in [2.24, 2.45) is 0 Å². The van der Waals surface area contributed by atoms with Crippen LogP contribution in [0, 0.1) is 0 Å². The van der Waals surface area contributed by atoms with Crippen LogP contribution >= 0.6 is 0 Å². The number of nitrogen functional groups attached to an aromatic ring is 2. The van der Waals surface area contributed by atoms with Crippen LogP contribution in [0.15, 0.2) is 72.8 Å². The summed E-state index contributed by atoms with van der Waals surface area (Å²) in [7, 11) is 0. The van der Waals surface area contributed by atoms with Gasteiger partial charge in [0.05, 0.1) is 0 Å². The molecule has 0 aliphatic carbocycles. The molecule has 0 fully saturated rings. The molecule has 0 saturated heterocycles. The van der Waals surface area contributed by atoms with Crippen LogP contribution in [0.4, 0.5) is 11.4 Å². The van der Waals surface area contributed by atoms with Gasteiger partial charge in [-0.05, 0) is 17.2 Å². The van der Waals surface area contributed by atoms with E-state index in [0.29, 0.717) is 5.69 Å². The molecule has 0 saturated carbocycles. The van der Waals surface area contributed by atoms with E-state index in [4.69, 9.17) is 11.5 Å². The molecule has 2 heteroatoms. The van der Waals surface area contributed by atoms with Gasteiger partial charge in [0.2, 0.25) is 0 Å². The monoisotopic (exact) mass is 260 g/mol. The normalized spacial score (nSPS) is 10.4. The second kappa shape index (κ2) is 5.10. The predicted octanol–water partition coefficient (Wildman–Crippen LogP) is 4.19. The van der Waals surface area contributed by atoms with Gasteiger partial charge in [0.25, 0.3) is 0 Å². The number of hydrogen-bond donors (Lipinski definition) is 2. The molecule has 0 bridgehead atoms. The molecule has 2 nitrogen and oxygen atoms in total. The summed E-state index contributed by atoms with van der Waals surface area (Å²) in [5.41, 5.74) is 18.0. The summed E-state index contributed by atoms with van der Waals surface area (Å²) in [5, 5.41) is 0. The molecule has 0 unspecified atom stereocenters. The van der Waals surface area contributed by atoms with Gasteiger partial charge in [-0.2, -0.15) is 0 Å². The standard InChI is InChI=1S/C18H16N2/c19-16-12-11-15(13-7-3-1-4-8-13)18(20)17(16)14-9-5-2-6-10-14/h1-12H,19-20H2. The summed E-state index contributed by atoms with van der Waals surface area (Å²) in [5.74, 6) is 0. The number of benzene rings is 3. The third-order valence-corrected chi connectivity index (χ3v) is 3.42. The lowest BCUT2D eigenvalue weighted by molar-refractivity contribution is 1.57. The highest BCUT2D eigenvalue weighted by Gasteiger charge is 2.11. The van der Waals surface area contributed by atoms with Crippen molar-refractivity contribution < 1.29 is 0 Å². The molecular formula is C18H16N2. The predicted molar refractivity (Wildman–Crippen MR) is 86.1 cm³/mol. The summed E-state index contributed by atoms with van der Waals surface area (Å²) in [6.45, 7) is 0. The van der Waals surface area contributed by atoms with Crippen molar-refractivity contribution in [3.8, 4) is 22.3 Å². The Hall–Kier alpha value is -2.74. The molecule has 3 aromatic rings. The Morgan fingerprint density at radius 3 is 1.70 bits per heavy atom. The van der Waals surface area contributed by atoms with Crippen molar-refractivity contribution in [3.63, 3.8) is 0 Å². The van der Waals surface area contributed by atoms with E-state index in [1.807, 2.05) is 60.7 Å². The SMILES string of the molecule is Nc1ccc(-c2ccccc2)c(N)c1-c1ccccc1. The van der Waals surface area contributed by atoms with Gasteiger partial charge >= 0.3 is 0 Å². The molecule has 20 heavy (non-hydrogen) atoms. The molecule has 0 atom stereocenters. The highest BCUT2D eigenvalue weighted by atomic mass is 14.6. The number of hydrogen-bond acceptors (Lipinski definition) is 2. The van der Waals surface area contributed by atoms with Crippen LogP contribution in [0.3, 0.4) is 0 Å². The topological polar surface area (TPSA) is 52.0 Å². The Morgan fingerprint density at radius 1 is 0.550 bits per heavy atom. The smallest absolute Gasteiger partial charge is 0.0494 e. The maximum atomic E-state index is 6.37. The van der Waals surface area contributed by atoms with Crippen LogP contribution in [-0.4, -0.2) is 0 Å². The van der Waals surface area contributed by atoms with Gasteiger partial charge in [0.1, 0.15) is 0 Å². The van der Waals surface area contributed by atoms with E-state index < -0.39 is 0 Å². The van der Waals surface area contributed by atoms with Gasteiger partial charge in [-0.25, -0.2) is 0 Å². The molecule has 0 heterocycles. The zero-order valence-electron chi connectivity index (χ0n) is 11.1. The van der Waals surface area contributed by atoms with Gasteiger partial charge in [-0.15, -0.1) is 0 Å². The average Bonchev–Trinajstić information content (AvgIpc) is 2.49. The lowest BCUT2D eigenvalue weighted by atomic mass is 9.95. The summed E-state index contributed by atoms with van der Waals surface area (Å²) in [6.07, 6.45) is 0. The highest BCUT2D eigenvalue weighted by molar-refractivity contribution is 5.95. The maximum Gasteiger partial charge on any atom is 0.0494 e. The third-order valence-electron chi connectivity index (χ3n) is 3.42. The molecule has 0 spiro atoms. The van der Waals surface area contributed by atoms with Crippen LogP contribution < -0.4 is 11.5 Å². The first-order chi connectivity index (χ1) is 9.77. The van der Waals surface area contributed by atoms with E-state index in [-0.39, 0.29) is 0 Å². The number of rotatable bonds is 2. The Kier molecular flexibility index (Phi) is 3.13. The third kappa shape index (κ3) is 2.12. The molecule has 3 rings (SSSR count). The molecule has 0 aromatic heterocycles. The van der Waals surface area contributed by atoms with Crippen molar-refractivity contribution >= 4 is 11.4 Å². The second-order valence-electron chi connectivity index (χ2n) is 4.72. The average molecular weight is 260 g/mol. The molecule has 0 radical (unpaired) electrons. The minimum atomic E-state index is 0.702. The first-order valence-electron chi connectivity index (χ1n) is 6.56. The quantitative estimate of drug-likeness (QED) is 0.679. The van der Waals surface area contributed by atoms with Crippen molar-refractivity contribution in [1.29, 1.82) is 0 Å².